The minimum absolute atomic E-state index is 0.492. The van der Waals surface area contributed by atoms with Crippen LogP contribution < -0.4 is 5.73 Å². The molecule has 3 aliphatic rings. The van der Waals surface area contributed by atoms with E-state index in [-0.39, 0.29) is 0 Å². The normalized spacial score (nSPS) is 35.4. The fourth-order valence-electron chi connectivity index (χ4n) is 3.67. The second kappa shape index (κ2) is 3.47. The van der Waals surface area contributed by atoms with E-state index in [4.69, 9.17) is 10.5 Å². The molecule has 0 radical (unpaired) electrons. The molecule has 3 aliphatic heterocycles. The number of benzene rings is 1. The number of ether oxygens (including phenoxy) is 1. The van der Waals surface area contributed by atoms with Crippen molar-refractivity contribution < 1.29 is 4.74 Å². The highest BCUT2D eigenvalue weighted by Gasteiger charge is 2.44. The summed E-state index contributed by atoms with van der Waals surface area (Å²) < 4.78 is 5.95. The zero-order valence-corrected chi connectivity index (χ0v) is 9.93. The predicted octanol–water partition coefficient (Wildman–Crippen LogP) is 1.90. The van der Waals surface area contributed by atoms with Crippen molar-refractivity contribution in [3.05, 3.63) is 29.3 Å². The molecule has 0 aliphatic carbocycles. The minimum Gasteiger partial charge on any atom is -0.399 e. The molecule has 17 heavy (non-hydrogen) atoms. The molecule has 2 bridgehead atoms. The van der Waals surface area contributed by atoms with Crippen molar-refractivity contribution in [2.75, 3.05) is 5.73 Å². The number of nitrogen functional groups attached to an aromatic ring is 1. The first-order valence-corrected chi connectivity index (χ1v) is 6.56. The molecule has 1 aromatic carbocycles. The second-order valence-corrected chi connectivity index (χ2v) is 5.61. The molecule has 0 saturated carbocycles. The maximum absolute atomic E-state index is 5.95. The highest BCUT2D eigenvalue weighted by molar-refractivity contribution is 5.46. The number of hydrogen-bond acceptors (Lipinski definition) is 3. The van der Waals surface area contributed by atoms with E-state index in [2.05, 4.69) is 17.0 Å². The van der Waals surface area contributed by atoms with Crippen LogP contribution >= 0.6 is 0 Å². The Morgan fingerprint density at radius 1 is 1.18 bits per heavy atom. The van der Waals surface area contributed by atoms with Gasteiger partial charge in [0.15, 0.2) is 0 Å². The molecular weight excluding hydrogens is 212 g/mol. The molecular formula is C14H18N2O. The molecule has 0 spiro atoms. The summed E-state index contributed by atoms with van der Waals surface area (Å²) in [4.78, 5) is 2.58. The van der Waals surface area contributed by atoms with Crippen LogP contribution in [0.3, 0.4) is 0 Å². The second-order valence-electron chi connectivity index (χ2n) is 5.61. The van der Waals surface area contributed by atoms with E-state index >= 15 is 0 Å². The summed E-state index contributed by atoms with van der Waals surface area (Å²) >= 11 is 0. The lowest BCUT2D eigenvalue weighted by Crippen LogP contribution is -2.38. The Kier molecular flexibility index (Phi) is 2.02. The number of nitrogens with two attached hydrogens (primary N) is 1. The molecule has 0 amide bonds. The van der Waals surface area contributed by atoms with Crippen molar-refractivity contribution in [1.82, 2.24) is 4.90 Å². The van der Waals surface area contributed by atoms with Crippen LogP contribution in [-0.4, -0.2) is 23.1 Å². The Hall–Kier alpha value is -1.06. The standard InChI is InChI=1S/C14H18N2O/c15-11-2-1-9-7-16(8-10(9)5-11)13-6-12-3-4-14(13)17-12/h1-2,5,12-14H,3-4,6-8,15H2. The van der Waals surface area contributed by atoms with E-state index < -0.39 is 0 Å². The van der Waals surface area contributed by atoms with Crippen molar-refractivity contribution in [3.8, 4) is 0 Å². The maximum Gasteiger partial charge on any atom is 0.0736 e. The van der Waals surface area contributed by atoms with E-state index in [1.54, 1.807) is 0 Å². The highest BCUT2D eigenvalue weighted by Crippen LogP contribution is 2.40. The van der Waals surface area contributed by atoms with Gasteiger partial charge in [-0.05, 0) is 42.5 Å². The third kappa shape index (κ3) is 1.49. The molecule has 4 rings (SSSR count). The Bertz CT molecular complexity index is 460. The van der Waals surface area contributed by atoms with Gasteiger partial charge in [-0.15, -0.1) is 0 Å². The average molecular weight is 230 g/mol. The van der Waals surface area contributed by atoms with Crippen LogP contribution in [0.5, 0.6) is 0 Å². The monoisotopic (exact) mass is 230 g/mol. The van der Waals surface area contributed by atoms with Crippen molar-refractivity contribution in [3.63, 3.8) is 0 Å². The van der Waals surface area contributed by atoms with Crippen LogP contribution in [0, 0.1) is 0 Å². The quantitative estimate of drug-likeness (QED) is 0.749. The summed E-state index contributed by atoms with van der Waals surface area (Å²) in [7, 11) is 0. The predicted molar refractivity (Wildman–Crippen MR) is 66.4 cm³/mol. The summed E-state index contributed by atoms with van der Waals surface area (Å²) in [5.41, 5.74) is 9.59. The SMILES string of the molecule is Nc1ccc2c(c1)CN(C1CC3CCC1O3)C2. The lowest BCUT2D eigenvalue weighted by molar-refractivity contribution is 0.0688. The van der Waals surface area contributed by atoms with Crippen LogP contribution in [0.4, 0.5) is 5.69 Å². The molecule has 3 heteroatoms. The summed E-state index contributed by atoms with van der Waals surface area (Å²) in [6.07, 6.45) is 4.79. The van der Waals surface area contributed by atoms with Gasteiger partial charge < -0.3 is 10.5 Å². The number of rotatable bonds is 1. The average Bonchev–Trinajstić information content (AvgIpc) is 3.01. The van der Waals surface area contributed by atoms with Gasteiger partial charge in [0.05, 0.1) is 12.2 Å². The van der Waals surface area contributed by atoms with Crippen LogP contribution in [0.25, 0.3) is 0 Å². The van der Waals surface area contributed by atoms with Crippen molar-refractivity contribution in [1.29, 1.82) is 0 Å². The fraction of sp³-hybridized carbons (Fsp3) is 0.571. The Balaban J connectivity index is 1.56. The summed E-state index contributed by atoms with van der Waals surface area (Å²) in [5, 5.41) is 0. The lowest BCUT2D eigenvalue weighted by atomic mass is 9.94. The third-order valence-electron chi connectivity index (χ3n) is 4.52. The van der Waals surface area contributed by atoms with Crippen molar-refractivity contribution >= 4 is 5.69 Å². The highest BCUT2D eigenvalue weighted by atomic mass is 16.5. The first-order valence-electron chi connectivity index (χ1n) is 6.56. The number of anilines is 1. The minimum atomic E-state index is 0.492. The molecule has 1 aromatic rings. The summed E-state index contributed by atoms with van der Waals surface area (Å²) in [5.74, 6) is 0. The first-order chi connectivity index (χ1) is 8.29. The molecule has 90 valence electrons. The van der Waals surface area contributed by atoms with Crippen LogP contribution in [0.1, 0.15) is 30.4 Å². The van der Waals surface area contributed by atoms with Crippen molar-refractivity contribution in [2.45, 2.75) is 50.6 Å². The topological polar surface area (TPSA) is 38.5 Å². The van der Waals surface area contributed by atoms with Gasteiger partial charge in [-0.3, -0.25) is 4.90 Å². The van der Waals surface area contributed by atoms with Crippen LogP contribution in [-0.2, 0) is 17.8 Å². The van der Waals surface area contributed by atoms with E-state index in [1.807, 2.05) is 6.07 Å². The molecule has 3 nitrogen and oxygen atoms in total. The smallest absolute Gasteiger partial charge is 0.0736 e. The molecule has 2 fully saturated rings. The summed E-state index contributed by atoms with van der Waals surface area (Å²) in [6, 6.07) is 6.96. The Morgan fingerprint density at radius 2 is 2.06 bits per heavy atom. The van der Waals surface area contributed by atoms with Gasteiger partial charge >= 0.3 is 0 Å². The Morgan fingerprint density at radius 3 is 2.82 bits per heavy atom. The zero-order chi connectivity index (χ0) is 11.4. The molecule has 3 heterocycles. The van der Waals surface area contributed by atoms with Gasteiger partial charge in [-0.1, -0.05) is 6.07 Å². The maximum atomic E-state index is 5.95. The van der Waals surface area contributed by atoms with E-state index in [1.165, 1.54) is 30.4 Å². The summed E-state index contributed by atoms with van der Waals surface area (Å²) in [6.45, 7) is 2.13. The van der Waals surface area contributed by atoms with Gasteiger partial charge in [-0.2, -0.15) is 0 Å². The molecule has 3 unspecified atom stereocenters. The van der Waals surface area contributed by atoms with Crippen LogP contribution in [0.15, 0.2) is 18.2 Å². The lowest BCUT2D eigenvalue weighted by Gasteiger charge is -2.28. The van der Waals surface area contributed by atoms with Gasteiger partial charge in [0.2, 0.25) is 0 Å². The molecule has 3 atom stereocenters. The molecule has 0 aromatic heterocycles. The van der Waals surface area contributed by atoms with Gasteiger partial charge in [0.1, 0.15) is 0 Å². The number of fused-ring (bicyclic) bond motifs is 3. The fourth-order valence-corrected chi connectivity index (χ4v) is 3.67. The van der Waals surface area contributed by atoms with Gasteiger partial charge in [-0.25, -0.2) is 0 Å². The van der Waals surface area contributed by atoms with E-state index in [0.29, 0.717) is 18.2 Å². The first kappa shape index (κ1) is 9.92. The van der Waals surface area contributed by atoms with Crippen molar-refractivity contribution in [2.24, 2.45) is 0 Å². The van der Waals surface area contributed by atoms with E-state index in [9.17, 15) is 0 Å². The van der Waals surface area contributed by atoms with Crippen LogP contribution in [0.2, 0.25) is 0 Å². The Labute approximate surface area is 102 Å². The largest absolute Gasteiger partial charge is 0.399 e. The van der Waals surface area contributed by atoms with Gasteiger partial charge in [0, 0.05) is 24.8 Å². The number of hydrogen-bond donors (Lipinski definition) is 1. The van der Waals surface area contributed by atoms with E-state index in [0.717, 1.165) is 18.8 Å². The number of nitrogens with zero attached hydrogens (tertiary/aromatic N) is 1. The third-order valence-corrected chi connectivity index (χ3v) is 4.52. The van der Waals surface area contributed by atoms with Gasteiger partial charge in [0.25, 0.3) is 0 Å². The molecule has 2 saturated heterocycles. The molecule has 2 N–H and O–H groups in total. The zero-order valence-electron chi connectivity index (χ0n) is 9.93.